The molecular weight excluding hydrogens is 226 g/mol. The molecule has 2 heterocycles. The number of hydrogen-bond acceptors (Lipinski definition) is 3. The van der Waals surface area contributed by atoms with Crippen molar-refractivity contribution in [1.82, 2.24) is 5.32 Å². The predicted molar refractivity (Wildman–Crippen MR) is 69.3 cm³/mol. The van der Waals surface area contributed by atoms with Crippen molar-refractivity contribution in [2.75, 3.05) is 26.3 Å². The fraction of sp³-hybridized carbons (Fsp3) is 0.600. The lowest BCUT2D eigenvalue weighted by Crippen LogP contribution is -2.51. The largest absolute Gasteiger partial charge is 0.486 e. The molecule has 3 aliphatic rings. The second kappa shape index (κ2) is 3.89. The maximum absolute atomic E-state index is 5.68. The molecule has 2 aliphatic heterocycles. The number of hydrogen-bond donors (Lipinski definition) is 1. The molecule has 96 valence electrons. The first-order chi connectivity index (χ1) is 8.85. The highest BCUT2D eigenvalue weighted by atomic mass is 16.6. The van der Waals surface area contributed by atoms with Crippen LogP contribution in [0.15, 0.2) is 18.2 Å². The molecule has 0 radical (unpaired) electrons. The van der Waals surface area contributed by atoms with Crippen LogP contribution in [0.3, 0.4) is 0 Å². The summed E-state index contributed by atoms with van der Waals surface area (Å²) in [4.78, 5) is 0. The number of fused-ring (bicyclic) bond motifs is 1. The molecule has 1 saturated heterocycles. The van der Waals surface area contributed by atoms with Crippen molar-refractivity contribution in [2.45, 2.75) is 25.2 Å². The standard InChI is InChI=1S/C15H19NO2/c1-2-13-14(18-6-5-17-13)7-11(1)12-3-4-15(8-12)9-16-10-15/h1-2,7,12,16H,3-6,8-10H2. The van der Waals surface area contributed by atoms with Crippen LogP contribution in [-0.4, -0.2) is 26.3 Å². The zero-order valence-corrected chi connectivity index (χ0v) is 10.6. The second-order valence-electron chi connectivity index (χ2n) is 5.95. The van der Waals surface area contributed by atoms with Gasteiger partial charge < -0.3 is 14.8 Å². The fourth-order valence-electron chi connectivity index (χ4n) is 3.61. The van der Waals surface area contributed by atoms with E-state index in [4.69, 9.17) is 9.47 Å². The Bertz CT molecular complexity index is 468. The molecule has 4 rings (SSSR count). The summed E-state index contributed by atoms with van der Waals surface area (Å²) in [5.74, 6) is 2.55. The Hall–Kier alpha value is -1.22. The minimum Gasteiger partial charge on any atom is -0.486 e. The van der Waals surface area contributed by atoms with Crippen molar-refractivity contribution in [2.24, 2.45) is 5.41 Å². The molecular formula is C15H19NO2. The van der Waals surface area contributed by atoms with E-state index in [1.54, 1.807) is 0 Å². The van der Waals surface area contributed by atoms with Crippen LogP contribution < -0.4 is 14.8 Å². The van der Waals surface area contributed by atoms with Crippen LogP contribution in [0.25, 0.3) is 0 Å². The Kier molecular flexibility index (Phi) is 2.31. The van der Waals surface area contributed by atoms with Gasteiger partial charge in [0.25, 0.3) is 0 Å². The molecule has 3 heteroatoms. The van der Waals surface area contributed by atoms with Crippen LogP contribution in [0.2, 0.25) is 0 Å². The van der Waals surface area contributed by atoms with Crippen LogP contribution in [0.1, 0.15) is 30.7 Å². The summed E-state index contributed by atoms with van der Waals surface area (Å²) in [6.45, 7) is 3.78. The van der Waals surface area contributed by atoms with Crippen molar-refractivity contribution >= 4 is 0 Å². The first-order valence-corrected chi connectivity index (χ1v) is 6.95. The second-order valence-corrected chi connectivity index (χ2v) is 5.95. The average Bonchev–Trinajstić information content (AvgIpc) is 2.83. The van der Waals surface area contributed by atoms with E-state index >= 15 is 0 Å². The number of rotatable bonds is 1. The SMILES string of the molecule is c1cc2c(cc1C1CCC3(CNC3)C1)OCCO2. The molecule has 0 bridgehead atoms. The topological polar surface area (TPSA) is 30.5 Å². The summed E-state index contributed by atoms with van der Waals surface area (Å²) in [6.07, 6.45) is 4.03. The van der Waals surface area contributed by atoms with Crippen molar-refractivity contribution in [1.29, 1.82) is 0 Å². The highest BCUT2D eigenvalue weighted by Crippen LogP contribution is 2.49. The van der Waals surface area contributed by atoms with Gasteiger partial charge >= 0.3 is 0 Å². The number of benzene rings is 1. The van der Waals surface area contributed by atoms with Gasteiger partial charge in [0, 0.05) is 13.1 Å². The van der Waals surface area contributed by atoms with Gasteiger partial charge in [-0.25, -0.2) is 0 Å². The molecule has 1 aromatic rings. The maximum Gasteiger partial charge on any atom is 0.161 e. The molecule has 3 nitrogen and oxygen atoms in total. The van der Waals surface area contributed by atoms with Gasteiger partial charge in [0.1, 0.15) is 13.2 Å². The molecule has 1 spiro atoms. The molecule has 18 heavy (non-hydrogen) atoms. The van der Waals surface area contributed by atoms with Gasteiger partial charge in [-0.1, -0.05) is 6.07 Å². The molecule has 1 N–H and O–H groups in total. The lowest BCUT2D eigenvalue weighted by Gasteiger charge is -2.39. The smallest absolute Gasteiger partial charge is 0.161 e. The van der Waals surface area contributed by atoms with Crippen LogP contribution in [0.5, 0.6) is 11.5 Å². The summed E-state index contributed by atoms with van der Waals surface area (Å²) < 4.78 is 11.3. The Morgan fingerprint density at radius 2 is 1.94 bits per heavy atom. The Morgan fingerprint density at radius 1 is 1.11 bits per heavy atom. The van der Waals surface area contributed by atoms with E-state index in [-0.39, 0.29) is 0 Å². The minimum atomic E-state index is 0.609. The van der Waals surface area contributed by atoms with Crippen molar-refractivity contribution in [3.8, 4) is 11.5 Å². The lowest BCUT2D eigenvalue weighted by molar-refractivity contribution is 0.170. The Morgan fingerprint density at radius 3 is 2.67 bits per heavy atom. The monoisotopic (exact) mass is 245 g/mol. The van der Waals surface area contributed by atoms with Crippen LogP contribution in [0.4, 0.5) is 0 Å². The van der Waals surface area contributed by atoms with Crippen molar-refractivity contribution < 1.29 is 9.47 Å². The summed E-state index contributed by atoms with van der Waals surface area (Å²) in [7, 11) is 0. The van der Waals surface area contributed by atoms with E-state index in [9.17, 15) is 0 Å². The van der Waals surface area contributed by atoms with Crippen molar-refractivity contribution in [3.05, 3.63) is 23.8 Å². The third-order valence-corrected chi connectivity index (χ3v) is 4.74. The van der Waals surface area contributed by atoms with E-state index in [1.165, 1.54) is 37.9 Å². The quantitative estimate of drug-likeness (QED) is 0.823. The highest BCUT2D eigenvalue weighted by molar-refractivity contribution is 5.45. The van der Waals surface area contributed by atoms with Gasteiger partial charge in [0.05, 0.1) is 0 Å². The van der Waals surface area contributed by atoms with E-state index in [2.05, 4.69) is 23.5 Å². The normalized spacial score (nSPS) is 28.1. The van der Waals surface area contributed by atoms with Crippen molar-refractivity contribution in [3.63, 3.8) is 0 Å². The summed E-state index contributed by atoms with van der Waals surface area (Å²) in [5.41, 5.74) is 2.04. The minimum absolute atomic E-state index is 0.609. The molecule has 0 amide bonds. The summed E-state index contributed by atoms with van der Waals surface area (Å²) in [5, 5.41) is 3.42. The maximum atomic E-state index is 5.68. The van der Waals surface area contributed by atoms with E-state index < -0.39 is 0 Å². The third kappa shape index (κ3) is 1.61. The molecule has 0 aromatic heterocycles. The molecule has 1 aromatic carbocycles. The fourth-order valence-corrected chi connectivity index (χ4v) is 3.61. The van der Waals surface area contributed by atoms with Gasteiger partial charge in [-0.05, 0) is 48.3 Å². The van der Waals surface area contributed by atoms with E-state index in [0.717, 1.165) is 11.5 Å². The zero-order valence-electron chi connectivity index (χ0n) is 10.6. The Labute approximate surface area is 107 Å². The molecule has 1 aliphatic carbocycles. The molecule has 1 unspecified atom stereocenters. The summed E-state index contributed by atoms with van der Waals surface area (Å²) in [6, 6.07) is 6.50. The third-order valence-electron chi connectivity index (χ3n) is 4.74. The Balaban J connectivity index is 1.58. The molecule has 1 atom stereocenters. The van der Waals surface area contributed by atoms with Crippen LogP contribution in [-0.2, 0) is 0 Å². The highest BCUT2D eigenvalue weighted by Gasteiger charge is 2.43. The van der Waals surface area contributed by atoms with Crippen LogP contribution >= 0.6 is 0 Å². The number of nitrogens with one attached hydrogen (secondary N) is 1. The van der Waals surface area contributed by atoms with E-state index in [1.807, 2.05) is 0 Å². The zero-order chi connectivity index (χ0) is 12.0. The van der Waals surface area contributed by atoms with Gasteiger partial charge in [-0.3, -0.25) is 0 Å². The summed E-state index contributed by atoms with van der Waals surface area (Å²) >= 11 is 0. The first-order valence-electron chi connectivity index (χ1n) is 6.95. The van der Waals surface area contributed by atoms with Crippen LogP contribution in [0, 0.1) is 5.41 Å². The van der Waals surface area contributed by atoms with Gasteiger partial charge in [-0.2, -0.15) is 0 Å². The first kappa shape index (κ1) is 10.7. The van der Waals surface area contributed by atoms with Gasteiger partial charge in [0.15, 0.2) is 11.5 Å². The predicted octanol–water partition coefficient (Wildman–Crippen LogP) is 2.31. The molecule has 1 saturated carbocycles. The van der Waals surface area contributed by atoms with Gasteiger partial charge in [0.2, 0.25) is 0 Å². The molecule has 2 fully saturated rings. The average molecular weight is 245 g/mol. The number of ether oxygens (including phenoxy) is 2. The van der Waals surface area contributed by atoms with E-state index in [0.29, 0.717) is 24.5 Å². The van der Waals surface area contributed by atoms with Gasteiger partial charge in [-0.15, -0.1) is 0 Å². The lowest BCUT2D eigenvalue weighted by atomic mass is 9.79.